The maximum atomic E-state index is 11.5. The Morgan fingerprint density at radius 1 is 1.29 bits per heavy atom. The first-order valence-electron chi connectivity index (χ1n) is 4.27. The van der Waals surface area contributed by atoms with Gasteiger partial charge < -0.3 is 0 Å². The molecular formula is C11H11ClO2. The van der Waals surface area contributed by atoms with Crippen LogP contribution in [0.2, 0.25) is 0 Å². The lowest BCUT2D eigenvalue weighted by molar-refractivity contribution is -0.112. The van der Waals surface area contributed by atoms with Crippen LogP contribution in [0.3, 0.4) is 0 Å². The van der Waals surface area contributed by atoms with Crippen LogP contribution in [0.25, 0.3) is 0 Å². The van der Waals surface area contributed by atoms with E-state index in [9.17, 15) is 9.59 Å². The SMILES string of the molecule is Cc1ccc(C(=O)C(=O)CCl)c(C)c1. The highest BCUT2D eigenvalue weighted by molar-refractivity contribution is 6.51. The molecule has 14 heavy (non-hydrogen) atoms. The van der Waals surface area contributed by atoms with Gasteiger partial charge in [-0.2, -0.15) is 0 Å². The lowest BCUT2D eigenvalue weighted by Gasteiger charge is -2.03. The van der Waals surface area contributed by atoms with E-state index in [-0.39, 0.29) is 5.88 Å². The van der Waals surface area contributed by atoms with Crippen molar-refractivity contribution in [1.82, 2.24) is 0 Å². The molecule has 0 fully saturated rings. The number of hydrogen-bond donors (Lipinski definition) is 0. The third-order valence-corrected chi connectivity index (χ3v) is 2.24. The van der Waals surface area contributed by atoms with Crippen molar-refractivity contribution in [1.29, 1.82) is 0 Å². The van der Waals surface area contributed by atoms with E-state index in [2.05, 4.69) is 0 Å². The Hall–Kier alpha value is -1.15. The van der Waals surface area contributed by atoms with Crippen molar-refractivity contribution in [2.75, 3.05) is 5.88 Å². The van der Waals surface area contributed by atoms with E-state index in [1.807, 2.05) is 26.0 Å². The molecule has 0 aliphatic carbocycles. The first kappa shape index (κ1) is 10.9. The van der Waals surface area contributed by atoms with Crippen molar-refractivity contribution in [3.05, 3.63) is 34.9 Å². The minimum Gasteiger partial charge on any atom is -0.289 e. The first-order chi connectivity index (χ1) is 6.56. The van der Waals surface area contributed by atoms with Crippen LogP contribution in [-0.2, 0) is 4.79 Å². The first-order valence-corrected chi connectivity index (χ1v) is 4.80. The molecule has 0 saturated heterocycles. The van der Waals surface area contributed by atoms with Gasteiger partial charge in [-0.25, -0.2) is 0 Å². The summed E-state index contributed by atoms with van der Waals surface area (Å²) in [6.07, 6.45) is 0. The topological polar surface area (TPSA) is 34.1 Å². The minimum atomic E-state index is -0.557. The van der Waals surface area contributed by atoms with Gasteiger partial charge in [-0.1, -0.05) is 23.8 Å². The summed E-state index contributed by atoms with van der Waals surface area (Å²) in [5.41, 5.74) is 2.33. The Labute approximate surface area is 87.9 Å². The van der Waals surface area contributed by atoms with Gasteiger partial charge in [0.2, 0.25) is 11.6 Å². The Bertz CT molecular complexity index is 383. The summed E-state index contributed by atoms with van der Waals surface area (Å²) in [6, 6.07) is 5.34. The van der Waals surface area contributed by atoms with Gasteiger partial charge in [0.1, 0.15) is 0 Å². The van der Waals surface area contributed by atoms with Gasteiger partial charge in [0, 0.05) is 5.56 Å². The van der Waals surface area contributed by atoms with E-state index in [1.165, 1.54) is 0 Å². The maximum Gasteiger partial charge on any atom is 0.230 e. The summed E-state index contributed by atoms with van der Waals surface area (Å²) in [5.74, 6) is -1.32. The standard InChI is InChI=1S/C11H11ClO2/c1-7-3-4-9(8(2)5-7)11(14)10(13)6-12/h3-5H,6H2,1-2H3. The molecule has 1 aromatic carbocycles. The molecule has 1 aromatic rings. The van der Waals surface area contributed by atoms with Crippen molar-refractivity contribution in [3.8, 4) is 0 Å². The lowest BCUT2D eigenvalue weighted by atomic mass is 10.0. The molecule has 0 heterocycles. The number of halogens is 1. The molecule has 0 aliphatic heterocycles. The summed E-state index contributed by atoms with van der Waals surface area (Å²) < 4.78 is 0. The zero-order chi connectivity index (χ0) is 10.7. The number of aryl methyl sites for hydroxylation is 2. The van der Waals surface area contributed by atoms with Gasteiger partial charge in [0.15, 0.2) is 0 Å². The molecule has 0 atom stereocenters. The van der Waals surface area contributed by atoms with Crippen LogP contribution in [0.15, 0.2) is 18.2 Å². The van der Waals surface area contributed by atoms with E-state index >= 15 is 0 Å². The molecule has 74 valence electrons. The second-order valence-electron chi connectivity index (χ2n) is 3.20. The third-order valence-electron chi connectivity index (χ3n) is 2.00. The van der Waals surface area contributed by atoms with Crippen LogP contribution in [0.4, 0.5) is 0 Å². The fourth-order valence-corrected chi connectivity index (χ4v) is 1.40. The molecule has 0 bridgehead atoms. The van der Waals surface area contributed by atoms with Crippen LogP contribution in [0.5, 0.6) is 0 Å². The number of hydrogen-bond acceptors (Lipinski definition) is 2. The van der Waals surface area contributed by atoms with Gasteiger partial charge >= 0.3 is 0 Å². The number of ketones is 2. The van der Waals surface area contributed by atoms with E-state index in [0.717, 1.165) is 11.1 Å². The molecule has 2 nitrogen and oxygen atoms in total. The van der Waals surface area contributed by atoms with Crippen LogP contribution in [-0.4, -0.2) is 17.4 Å². The van der Waals surface area contributed by atoms with Crippen LogP contribution in [0.1, 0.15) is 21.5 Å². The Morgan fingerprint density at radius 2 is 1.93 bits per heavy atom. The molecule has 0 N–H and O–H groups in total. The molecule has 0 aromatic heterocycles. The summed E-state index contributed by atoms with van der Waals surface area (Å²) in [7, 11) is 0. The number of alkyl halides is 1. The summed E-state index contributed by atoms with van der Waals surface area (Å²) in [4.78, 5) is 22.5. The normalized spacial score (nSPS) is 9.93. The van der Waals surface area contributed by atoms with E-state index < -0.39 is 11.6 Å². The second kappa shape index (κ2) is 4.38. The van der Waals surface area contributed by atoms with Gasteiger partial charge in [-0.05, 0) is 19.4 Å². The fraction of sp³-hybridized carbons (Fsp3) is 0.273. The smallest absolute Gasteiger partial charge is 0.230 e. The largest absolute Gasteiger partial charge is 0.289 e. The second-order valence-corrected chi connectivity index (χ2v) is 3.47. The highest BCUT2D eigenvalue weighted by atomic mass is 35.5. The minimum absolute atomic E-state index is 0.258. The van der Waals surface area contributed by atoms with Crippen LogP contribution in [0, 0.1) is 13.8 Å². The average Bonchev–Trinajstić information content (AvgIpc) is 2.15. The Morgan fingerprint density at radius 3 is 2.43 bits per heavy atom. The fourth-order valence-electron chi connectivity index (χ4n) is 1.28. The molecule has 0 radical (unpaired) electrons. The van der Waals surface area contributed by atoms with Crippen molar-refractivity contribution in [2.45, 2.75) is 13.8 Å². The van der Waals surface area contributed by atoms with Crippen molar-refractivity contribution >= 4 is 23.2 Å². The Balaban J connectivity index is 3.08. The van der Waals surface area contributed by atoms with Gasteiger partial charge in [-0.15, -0.1) is 11.6 Å². The summed E-state index contributed by atoms with van der Waals surface area (Å²) >= 11 is 5.31. The molecule has 0 aliphatic rings. The van der Waals surface area contributed by atoms with E-state index in [4.69, 9.17) is 11.6 Å². The Kier molecular flexibility index (Phi) is 3.42. The maximum absolute atomic E-state index is 11.5. The van der Waals surface area contributed by atoms with Gasteiger partial charge in [0.25, 0.3) is 0 Å². The molecule has 0 saturated carbocycles. The van der Waals surface area contributed by atoms with Gasteiger partial charge in [0.05, 0.1) is 5.88 Å². The van der Waals surface area contributed by atoms with Crippen molar-refractivity contribution < 1.29 is 9.59 Å². The predicted octanol–water partition coefficient (Wildman–Crippen LogP) is 2.29. The number of Topliss-reactive ketones (excluding diaryl/α,β-unsaturated/α-hetero) is 2. The highest BCUT2D eigenvalue weighted by Gasteiger charge is 2.16. The highest BCUT2D eigenvalue weighted by Crippen LogP contribution is 2.11. The number of rotatable bonds is 3. The van der Waals surface area contributed by atoms with Gasteiger partial charge in [-0.3, -0.25) is 9.59 Å². The molecule has 0 unspecified atom stereocenters. The van der Waals surface area contributed by atoms with Crippen molar-refractivity contribution in [2.24, 2.45) is 0 Å². The van der Waals surface area contributed by atoms with Crippen LogP contribution >= 0.6 is 11.6 Å². The monoisotopic (exact) mass is 210 g/mol. The zero-order valence-corrected chi connectivity index (χ0v) is 8.89. The quantitative estimate of drug-likeness (QED) is 0.436. The zero-order valence-electron chi connectivity index (χ0n) is 8.13. The third kappa shape index (κ3) is 2.20. The van der Waals surface area contributed by atoms with E-state index in [0.29, 0.717) is 5.56 Å². The summed E-state index contributed by atoms with van der Waals surface area (Å²) in [6.45, 7) is 3.74. The molecule has 3 heteroatoms. The van der Waals surface area contributed by atoms with E-state index in [1.54, 1.807) is 6.07 Å². The predicted molar refractivity (Wildman–Crippen MR) is 56.0 cm³/mol. The number of benzene rings is 1. The molecular weight excluding hydrogens is 200 g/mol. The molecule has 1 rings (SSSR count). The van der Waals surface area contributed by atoms with Crippen molar-refractivity contribution in [3.63, 3.8) is 0 Å². The number of carbonyl (C=O) groups is 2. The lowest BCUT2D eigenvalue weighted by Crippen LogP contribution is -2.16. The van der Waals surface area contributed by atoms with Crippen LogP contribution < -0.4 is 0 Å². The summed E-state index contributed by atoms with van der Waals surface area (Å²) in [5, 5.41) is 0. The average molecular weight is 211 g/mol. The number of carbonyl (C=O) groups excluding carboxylic acids is 2. The molecule has 0 spiro atoms. The molecule has 0 amide bonds.